The highest BCUT2D eigenvalue weighted by molar-refractivity contribution is 5.77. The van der Waals surface area contributed by atoms with Crippen LogP contribution in [-0.4, -0.2) is 69.4 Å². The molecule has 0 bridgehead atoms. The fraction of sp³-hybridized carbons (Fsp3) is 0.920. The summed E-state index contributed by atoms with van der Waals surface area (Å²) in [6.45, 7) is 46.8. The molecule has 0 N–H and O–H groups in total. The Morgan fingerprint density at radius 1 is 0.322 bits per heavy atom. The molecule has 12 heteroatoms. The molecule has 6 aliphatic rings. The van der Waals surface area contributed by atoms with Gasteiger partial charge in [0.25, 0.3) is 0 Å². The fourth-order valence-electron chi connectivity index (χ4n) is 12.0. The molecular weight excluding hydrogens is 1090 g/mol. The molecule has 3 unspecified atom stereocenters. The second kappa shape index (κ2) is 37.4. The lowest BCUT2D eigenvalue weighted by Crippen LogP contribution is -2.41. The number of hydrogen-bond acceptors (Lipinski definition) is 12. The molecule has 0 radical (unpaired) electrons. The van der Waals surface area contributed by atoms with E-state index in [0.29, 0.717) is 11.8 Å². The first-order valence-electron chi connectivity index (χ1n) is 35.8. The number of rotatable bonds is 22. The van der Waals surface area contributed by atoms with Crippen LogP contribution in [0, 0.1) is 45.8 Å². The second-order valence-electron chi connectivity index (χ2n) is 30.7. The highest BCUT2D eigenvalue weighted by Crippen LogP contribution is 2.44. The third-order valence-corrected chi connectivity index (χ3v) is 21.9. The number of carbonyl (C=O) groups excluding carboxylic acids is 6. The predicted octanol–water partition coefficient (Wildman–Crippen LogP) is 20.7. The van der Waals surface area contributed by atoms with Crippen LogP contribution < -0.4 is 0 Å². The minimum atomic E-state index is -0.343. The summed E-state index contributed by atoms with van der Waals surface area (Å²) in [5.41, 5.74) is -1.90. The Kier molecular flexibility index (Phi) is 35.1. The zero-order valence-corrected chi connectivity index (χ0v) is 60.9. The van der Waals surface area contributed by atoms with Crippen molar-refractivity contribution in [1.29, 1.82) is 0 Å². The molecule has 3 atom stereocenters. The molecule has 0 heterocycles. The molecular formula is C75H138O12. The zero-order chi connectivity index (χ0) is 66.7. The lowest BCUT2D eigenvalue weighted by atomic mass is 9.86. The van der Waals surface area contributed by atoms with Crippen LogP contribution >= 0.6 is 0 Å². The monoisotopic (exact) mass is 1230 g/mol. The summed E-state index contributed by atoms with van der Waals surface area (Å²) in [7, 11) is 0. The van der Waals surface area contributed by atoms with Crippen LogP contribution in [0.4, 0.5) is 0 Å². The first-order chi connectivity index (χ1) is 40.4. The molecule has 6 saturated carbocycles. The van der Waals surface area contributed by atoms with Crippen LogP contribution in [0.5, 0.6) is 0 Å². The van der Waals surface area contributed by atoms with Gasteiger partial charge in [-0.05, 0) is 273 Å². The topological polar surface area (TPSA) is 158 Å². The lowest BCUT2D eigenvalue weighted by Gasteiger charge is -2.36. The van der Waals surface area contributed by atoms with Gasteiger partial charge >= 0.3 is 35.8 Å². The molecule has 0 aromatic carbocycles. The van der Waals surface area contributed by atoms with Crippen molar-refractivity contribution in [2.75, 3.05) is 0 Å². The van der Waals surface area contributed by atoms with E-state index in [-0.39, 0.29) is 103 Å². The Morgan fingerprint density at radius 2 is 0.563 bits per heavy atom. The van der Waals surface area contributed by atoms with E-state index in [1.54, 1.807) is 0 Å². The quantitative estimate of drug-likeness (QED) is 0.0747. The average molecular weight is 1230 g/mol. The summed E-state index contributed by atoms with van der Waals surface area (Å²) in [5, 5.41) is 0. The maximum atomic E-state index is 12.1. The first-order valence-corrected chi connectivity index (χ1v) is 35.8. The highest BCUT2D eigenvalue weighted by Gasteiger charge is 2.45. The summed E-state index contributed by atoms with van der Waals surface area (Å²) >= 11 is 0. The van der Waals surface area contributed by atoms with Gasteiger partial charge < -0.3 is 28.4 Å². The largest absolute Gasteiger partial charge is 0.459 e. The molecule has 0 aromatic heterocycles. The molecule has 0 saturated heterocycles. The Balaban J connectivity index is 0.000000523. The zero-order valence-electron chi connectivity index (χ0n) is 60.9. The number of carbonyl (C=O) groups is 6. The van der Waals surface area contributed by atoms with Gasteiger partial charge in [-0.2, -0.15) is 0 Å². The maximum Gasteiger partial charge on any atom is 0.312 e. The van der Waals surface area contributed by atoms with Crippen molar-refractivity contribution >= 4 is 35.8 Å². The Hall–Kier alpha value is -3.18. The minimum absolute atomic E-state index is 0.00347. The fourth-order valence-corrected chi connectivity index (χ4v) is 12.0. The molecule has 6 rings (SSSR count). The van der Waals surface area contributed by atoms with Crippen LogP contribution in [0.3, 0.4) is 0 Å². The summed E-state index contributed by atoms with van der Waals surface area (Å²) in [5.74, 6) is 0.900. The first kappa shape index (κ1) is 81.8. The van der Waals surface area contributed by atoms with Crippen LogP contribution in [0.15, 0.2) is 0 Å². The standard InChI is InChI=1S/C14H26O2.2C13H24O2.2C12H22O2.C11H20O2/c1-6-13(4,5)12(15)16-14(11(2)3)9-7-8-10-14;1-5-11(4)12(14)15-13(10(2)3)8-6-7-9-13;1-5-12(3,4)11(14)15-13(6-2)9-7-8-10-13;1-5-11(2,3)10(13)14-12(4)8-6-7-9-12;1-4-10(3)11(13)14-12(5-2)8-6-7-9-12;1-4-9(2)10(12)13-11(3)7-5-6-8-11/h11H,6-10H2,1-5H3;10-11H,5-9H2,1-4H3;5-10H2,1-4H3;5-9H2,1-4H3;10H,4-9H2,1-3H3;9H,4-8H2,1-3H3. The summed E-state index contributed by atoms with van der Waals surface area (Å²) in [6.07, 6.45) is 34.0. The van der Waals surface area contributed by atoms with Crippen molar-refractivity contribution in [3.8, 4) is 0 Å². The number of hydrogen-bond donors (Lipinski definition) is 0. The van der Waals surface area contributed by atoms with E-state index in [0.717, 1.165) is 128 Å². The Morgan fingerprint density at radius 3 is 0.862 bits per heavy atom. The van der Waals surface area contributed by atoms with Gasteiger partial charge in [0, 0.05) is 0 Å². The molecule has 510 valence electrons. The van der Waals surface area contributed by atoms with Gasteiger partial charge in [0.2, 0.25) is 0 Å². The van der Waals surface area contributed by atoms with E-state index in [1.165, 1.54) is 77.0 Å². The Labute approximate surface area is 534 Å². The van der Waals surface area contributed by atoms with Crippen molar-refractivity contribution in [3.63, 3.8) is 0 Å². The van der Waals surface area contributed by atoms with E-state index in [9.17, 15) is 28.8 Å². The number of ether oxygens (including phenoxy) is 6. The van der Waals surface area contributed by atoms with Crippen molar-refractivity contribution in [2.45, 2.75) is 398 Å². The van der Waals surface area contributed by atoms with Crippen molar-refractivity contribution in [3.05, 3.63) is 0 Å². The molecule has 0 amide bonds. The second-order valence-corrected chi connectivity index (χ2v) is 30.7. The van der Waals surface area contributed by atoms with E-state index in [2.05, 4.69) is 55.4 Å². The third kappa shape index (κ3) is 26.2. The molecule has 6 fully saturated rings. The van der Waals surface area contributed by atoms with Gasteiger partial charge in [0.15, 0.2) is 0 Å². The molecule has 0 spiro atoms. The van der Waals surface area contributed by atoms with Crippen molar-refractivity contribution in [2.24, 2.45) is 45.8 Å². The van der Waals surface area contributed by atoms with Crippen LogP contribution in [-0.2, 0) is 57.2 Å². The predicted molar refractivity (Wildman–Crippen MR) is 356 cm³/mol. The smallest absolute Gasteiger partial charge is 0.312 e. The SMILES string of the molecule is CCC(C)(C)C(=O)OC1(C(C)C)CCCC1.CCC(C)(C)C(=O)OC1(C)CCCC1.CCC(C)C(=O)OC1(C(C)C)CCCC1.CCC(C)C(=O)OC1(C)CCCC1.CCC(C)C(=O)OC1(CC)CCCC1.CCC1(OC(=O)C(C)(C)CC)CCCC1. The highest BCUT2D eigenvalue weighted by atomic mass is 16.6. The summed E-state index contributed by atoms with van der Waals surface area (Å²) in [6, 6.07) is 0. The summed E-state index contributed by atoms with van der Waals surface area (Å²) in [4.78, 5) is 71.0. The minimum Gasteiger partial charge on any atom is -0.459 e. The van der Waals surface area contributed by atoms with Gasteiger partial charge in [-0.15, -0.1) is 0 Å². The van der Waals surface area contributed by atoms with Crippen LogP contribution in [0.1, 0.15) is 365 Å². The molecule has 0 aromatic rings. The lowest BCUT2D eigenvalue weighted by molar-refractivity contribution is -0.175. The molecule has 6 aliphatic carbocycles. The van der Waals surface area contributed by atoms with Gasteiger partial charge in [-0.25, -0.2) is 0 Å². The Bertz CT molecular complexity index is 2010. The molecule has 87 heavy (non-hydrogen) atoms. The van der Waals surface area contributed by atoms with Gasteiger partial charge in [-0.3, -0.25) is 28.8 Å². The normalized spacial score (nSPS) is 21.2. The maximum absolute atomic E-state index is 12.1. The molecule has 12 nitrogen and oxygen atoms in total. The van der Waals surface area contributed by atoms with E-state index >= 15 is 0 Å². The van der Waals surface area contributed by atoms with E-state index < -0.39 is 0 Å². The number of esters is 6. The third-order valence-electron chi connectivity index (χ3n) is 21.9. The van der Waals surface area contributed by atoms with Gasteiger partial charge in [-0.1, -0.05) is 104 Å². The molecule has 0 aliphatic heterocycles. The van der Waals surface area contributed by atoms with Crippen molar-refractivity contribution < 1.29 is 57.2 Å². The van der Waals surface area contributed by atoms with E-state index in [1.807, 2.05) is 104 Å². The van der Waals surface area contributed by atoms with Gasteiger partial charge in [0.1, 0.15) is 33.6 Å². The van der Waals surface area contributed by atoms with E-state index in [4.69, 9.17) is 28.4 Å². The van der Waals surface area contributed by atoms with Crippen molar-refractivity contribution in [1.82, 2.24) is 0 Å². The average Bonchev–Trinajstić information content (AvgIpc) is 2.48. The van der Waals surface area contributed by atoms with Crippen LogP contribution in [0.2, 0.25) is 0 Å². The van der Waals surface area contributed by atoms with Gasteiger partial charge in [0.05, 0.1) is 34.0 Å². The summed E-state index contributed by atoms with van der Waals surface area (Å²) < 4.78 is 34.2. The van der Waals surface area contributed by atoms with Crippen LogP contribution in [0.25, 0.3) is 0 Å².